The minimum atomic E-state index is -0.625. The van der Waals surface area contributed by atoms with Crippen LogP contribution < -0.4 is 10.2 Å². The molecule has 5 rings (SSSR count). The van der Waals surface area contributed by atoms with Gasteiger partial charge in [-0.2, -0.15) is 5.26 Å². The summed E-state index contributed by atoms with van der Waals surface area (Å²) in [6.07, 6.45) is 4.39. The van der Waals surface area contributed by atoms with E-state index in [9.17, 15) is 10.1 Å². The lowest BCUT2D eigenvalue weighted by Crippen LogP contribution is -2.55. The minimum Gasteiger partial charge on any atom is -0.453 e. The number of nitrogens with zero attached hydrogens (tertiary/aromatic N) is 4. The van der Waals surface area contributed by atoms with Crippen LogP contribution >= 0.6 is 0 Å². The third-order valence-corrected chi connectivity index (χ3v) is 9.07. The SMILES string of the molecule is [C-]#[N+]c1ccc(N2CC(CN3CCC(C(C#N)(c4ccccc4)[C@H]4CCC[C@@H]4NC(=O)OC)CC3)C2)cc1. The van der Waals surface area contributed by atoms with E-state index in [1.54, 1.807) is 0 Å². The molecule has 2 heterocycles. The first kappa shape index (κ1) is 26.1. The molecular formula is C31H37N5O2. The number of alkyl carbamates (subject to hydrolysis) is 1. The molecule has 2 aromatic rings. The molecule has 1 amide bonds. The van der Waals surface area contributed by atoms with E-state index in [1.807, 2.05) is 42.5 Å². The van der Waals surface area contributed by atoms with E-state index in [0.717, 1.165) is 70.4 Å². The van der Waals surface area contributed by atoms with E-state index >= 15 is 0 Å². The average molecular weight is 512 g/mol. The Balaban J connectivity index is 1.24. The molecule has 38 heavy (non-hydrogen) atoms. The maximum absolute atomic E-state index is 12.1. The van der Waals surface area contributed by atoms with Gasteiger partial charge in [0.1, 0.15) is 0 Å². The molecule has 198 valence electrons. The van der Waals surface area contributed by atoms with Gasteiger partial charge in [0.25, 0.3) is 0 Å². The Hall–Kier alpha value is -3.55. The van der Waals surface area contributed by atoms with Crippen LogP contribution in [0.15, 0.2) is 54.6 Å². The Morgan fingerprint density at radius 2 is 1.82 bits per heavy atom. The molecule has 2 aliphatic heterocycles. The Bertz CT molecular complexity index is 1170. The van der Waals surface area contributed by atoms with Crippen LogP contribution in [-0.4, -0.2) is 56.9 Å². The van der Waals surface area contributed by atoms with Crippen molar-refractivity contribution >= 4 is 17.5 Å². The summed E-state index contributed by atoms with van der Waals surface area (Å²) in [5.74, 6) is 0.959. The summed E-state index contributed by atoms with van der Waals surface area (Å²) in [4.78, 5) is 20.6. The highest BCUT2D eigenvalue weighted by Gasteiger charge is 2.52. The maximum atomic E-state index is 12.1. The van der Waals surface area contributed by atoms with Crippen molar-refractivity contribution in [2.75, 3.05) is 44.7 Å². The first-order valence-electron chi connectivity index (χ1n) is 13.8. The quantitative estimate of drug-likeness (QED) is 0.506. The van der Waals surface area contributed by atoms with Gasteiger partial charge in [0.15, 0.2) is 5.69 Å². The van der Waals surface area contributed by atoms with Crippen molar-refractivity contribution in [3.8, 4) is 6.07 Å². The number of rotatable bonds is 7. The number of piperidine rings is 1. The Morgan fingerprint density at radius 3 is 2.45 bits per heavy atom. The molecule has 7 heteroatoms. The minimum absolute atomic E-state index is 0.0508. The molecule has 0 aromatic heterocycles. The van der Waals surface area contributed by atoms with Gasteiger partial charge in [-0.15, -0.1) is 0 Å². The molecule has 1 saturated carbocycles. The zero-order valence-electron chi connectivity index (χ0n) is 22.2. The second-order valence-corrected chi connectivity index (χ2v) is 11.1. The zero-order chi connectivity index (χ0) is 26.5. The zero-order valence-corrected chi connectivity index (χ0v) is 22.2. The van der Waals surface area contributed by atoms with Gasteiger partial charge in [0, 0.05) is 43.2 Å². The van der Waals surface area contributed by atoms with Gasteiger partial charge in [0.05, 0.1) is 25.2 Å². The second-order valence-electron chi connectivity index (χ2n) is 11.1. The summed E-state index contributed by atoms with van der Waals surface area (Å²) in [6, 6.07) is 21.0. The van der Waals surface area contributed by atoms with Crippen molar-refractivity contribution in [3.63, 3.8) is 0 Å². The molecule has 0 spiro atoms. The highest BCUT2D eigenvalue weighted by molar-refractivity contribution is 5.67. The van der Waals surface area contributed by atoms with Crippen LogP contribution in [0.4, 0.5) is 16.2 Å². The van der Waals surface area contributed by atoms with E-state index in [0.29, 0.717) is 11.6 Å². The van der Waals surface area contributed by atoms with Gasteiger partial charge in [0.2, 0.25) is 0 Å². The third-order valence-electron chi connectivity index (χ3n) is 9.07. The molecule has 0 radical (unpaired) electrons. The maximum Gasteiger partial charge on any atom is 0.407 e. The number of likely N-dealkylation sites (tertiary alicyclic amines) is 1. The molecule has 1 unspecified atom stereocenters. The third kappa shape index (κ3) is 5.08. The number of carbonyl (C=O) groups excluding carboxylic acids is 1. The Labute approximate surface area is 226 Å². The molecule has 3 aliphatic rings. The summed E-state index contributed by atoms with van der Waals surface area (Å²) in [5, 5.41) is 13.9. The molecule has 1 N–H and O–H groups in total. The van der Waals surface area contributed by atoms with Crippen LogP contribution in [0.2, 0.25) is 0 Å². The van der Waals surface area contributed by atoms with E-state index in [1.165, 1.54) is 12.8 Å². The number of hydrogen-bond acceptors (Lipinski definition) is 5. The van der Waals surface area contributed by atoms with Crippen LogP contribution in [-0.2, 0) is 10.2 Å². The normalized spacial score (nSPS) is 24.0. The fourth-order valence-corrected chi connectivity index (χ4v) is 7.16. The number of nitriles is 1. The number of benzene rings is 2. The van der Waals surface area contributed by atoms with Crippen molar-refractivity contribution in [3.05, 3.63) is 71.6 Å². The van der Waals surface area contributed by atoms with Crippen LogP contribution in [0, 0.1) is 35.7 Å². The molecule has 7 nitrogen and oxygen atoms in total. The number of carbonyl (C=O) groups is 1. The largest absolute Gasteiger partial charge is 0.453 e. The summed E-state index contributed by atoms with van der Waals surface area (Å²) >= 11 is 0. The van der Waals surface area contributed by atoms with E-state index in [-0.39, 0.29) is 17.9 Å². The smallest absolute Gasteiger partial charge is 0.407 e. The predicted octanol–water partition coefficient (Wildman–Crippen LogP) is 5.37. The first-order valence-corrected chi connectivity index (χ1v) is 13.8. The fraction of sp³-hybridized carbons (Fsp3) is 0.516. The lowest BCUT2D eigenvalue weighted by Gasteiger charge is -2.48. The van der Waals surface area contributed by atoms with Crippen LogP contribution in [0.5, 0.6) is 0 Å². The van der Waals surface area contributed by atoms with E-state index in [4.69, 9.17) is 11.3 Å². The van der Waals surface area contributed by atoms with Gasteiger partial charge in [-0.3, -0.25) is 0 Å². The molecule has 2 saturated heterocycles. The number of nitrogens with one attached hydrogen (secondary N) is 1. The molecule has 0 bridgehead atoms. The number of anilines is 1. The lowest BCUT2D eigenvalue weighted by atomic mass is 9.59. The van der Waals surface area contributed by atoms with Crippen molar-refractivity contribution in [2.24, 2.45) is 17.8 Å². The Morgan fingerprint density at radius 1 is 1.11 bits per heavy atom. The first-order chi connectivity index (χ1) is 18.6. The summed E-state index contributed by atoms with van der Waals surface area (Å²) in [5.41, 5.74) is 2.34. The van der Waals surface area contributed by atoms with Crippen LogP contribution in [0.3, 0.4) is 0 Å². The van der Waals surface area contributed by atoms with Gasteiger partial charge >= 0.3 is 6.09 Å². The molecule has 1 aliphatic carbocycles. The Kier molecular flexibility index (Phi) is 7.86. The highest BCUT2D eigenvalue weighted by Crippen LogP contribution is 2.50. The number of hydrogen-bond donors (Lipinski definition) is 1. The molecule has 3 fully saturated rings. The topological polar surface area (TPSA) is 73.0 Å². The predicted molar refractivity (Wildman–Crippen MR) is 148 cm³/mol. The average Bonchev–Trinajstić information content (AvgIpc) is 3.41. The van der Waals surface area contributed by atoms with Crippen molar-refractivity contribution in [1.29, 1.82) is 5.26 Å². The van der Waals surface area contributed by atoms with E-state index < -0.39 is 11.5 Å². The molecule has 2 aromatic carbocycles. The summed E-state index contributed by atoms with van der Waals surface area (Å²) < 4.78 is 4.92. The van der Waals surface area contributed by atoms with E-state index in [2.05, 4.69) is 38.2 Å². The molecular weight excluding hydrogens is 474 g/mol. The van der Waals surface area contributed by atoms with Gasteiger partial charge < -0.3 is 19.9 Å². The lowest BCUT2D eigenvalue weighted by molar-refractivity contribution is 0.0939. The number of ether oxygens (including phenoxy) is 1. The van der Waals surface area contributed by atoms with Crippen molar-refractivity contribution in [1.82, 2.24) is 10.2 Å². The van der Waals surface area contributed by atoms with Crippen LogP contribution in [0.25, 0.3) is 4.85 Å². The summed E-state index contributed by atoms with van der Waals surface area (Å²) in [6.45, 7) is 12.3. The molecule has 3 atom stereocenters. The van der Waals surface area contributed by atoms with Crippen molar-refractivity contribution in [2.45, 2.75) is 43.6 Å². The second kappa shape index (κ2) is 11.5. The number of methoxy groups -OCH3 is 1. The van der Waals surface area contributed by atoms with Crippen molar-refractivity contribution < 1.29 is 9.53 Å². The summed E-state index contributed by atoms with van der Waals surface area (Å²) in [7, 11) is 1.40. The monoisotopic (exact) mass is 511 g/mol. The number of amides is 1. The van der Waals surface area contributed by atoms with Gasteiger partial charge in [-0.05, 0) is 62.4 Å². The van der Waals surface area contributed by atoms with Crippen LogP contribution in [0.1, 0.15) is 37.7 Å². The fourth-order valence-electron chi connectivity index (χ4n) is 7.16. The standard InChI is InChI=1S/C31H37N5O2/c1-33-26-11-13-27(14-12-26)36-20-23(21-36)19-35-17-15-25(16-18-35)31(22-32,24-7-4-3-5-8-24)28-9-6-10-29(28)34-30(37)38-2/h3-5,7-8,11-14,23,25,28-29H,6,9-10,15-21H2,2H3,(H,34,37)/t28-,29-,31?/m0/s1. The van der Waals surface area contributed by atoms with Gasteiger partial charge in [-0.1, -0.05) is 48.9 Å². The van der Waals surface area contributed by atoms with Gasteiger partial charge in [-0.25, -0.2) is 9.64 Å². The highest BCUT2D eigenvalue weighted by atomic mass is 16.5.